The molecule has 1 aliphatic carbocycles. The quantitative estimate of drug-likeness (QED) is 0.334. The highest BCUT2D eigenvalue weighted by molar-refractivity contribution is 6.30. The second-order valence-corrected chi connectivity index (χ2v) is 8.69. The van der Waals surface area contributed by atoms with Crippen LogP contribution >= 0.6 is 11.6 Å². The number of rotatable bonds is 7. The number of hydrogen-bond acceptors (Lipinski definition) is 1. The van der Waals surface area contributed by atoms with Crippen molar-refractivity contribution in [2.24, 2.45) is 11.8 Å². The topological polar surface area (TPSA) is 9.23 Å². The average Bonchev–Trinajstić information content (AvgIpc) is 2.74. The molecule has 2 aromatic carbocycles. The molecule has 0 saturated heterocycles. The van der Waals surface area contributed by atoms with E-state index in [1.807, 2.05) is 0 Å². The summed E-state index contributed by atoms with van der Waals surface area (Å²) in [5, 5.41) is 0.599. The van der Waals surface area contributed by atoms with E-state index in [0.29, 0.717) is 28.5 Å². The Balaban J connectivity index is 1.53. The van der Waals surface area contributed by atoms with Gasteiger partial charge in [0.2, 0.25) is 0 Å². The summed E-state index contributed by atoms with van der Waals surface area (Å²) in [5.74, 6) is 5.71. The van der Waals surface area contributed by atoms with Crippen LogP contribution in [0.4, 0.5) is 8.78 Å². The minimum atomic E-state index is -0.590. The molecule has 3 rings (SSSR count). The van der Waals surface area contributed by atoms with Gasteiger partial charge in [-0.3, -0.25) is 0 Å². The molecule has 0 aliphatic heterocycles. The summed E-state index contributed by atoms with van der Waals surface area (Å²) in [4.78, 5) is 0. The van der Waals surface area contributed by atoms with Crippen molar-refractivity contribution in [1.29, 1.82) is 0 Å². The summed E-state index contributed by atoms with van der Waals surface area (Å²) < 4.78 is 34.1. The lowest BCUT2D eigenvalue weighted by Gasteiger charge is -2.28. The van der Waals surface area contributed by atoms with Gasteiger partial charge in [-0.05, 0) is 79.5 Å². The summed E-state index contributed by atoms with van der Waals surface area (Å²) in [6.45, 7) is 0.844. The van der Waals surface area contributed by atoms with Gasteiger partial charge in [-0.2, -0.15) is 0 Å². The van der Waals surface area contributed by atoms with E-state index in [-0.39, 0.29) is 5.56 Å². The molecule has 1 fully saturated rings. The van der Waals surface area contributed by atoms with Gasteiger partial charge in [-0.25, -0.2) is 8.78 Å². The van der Waals surface area contributed by atoms with Crippen LogP contribution in [0.15, 0.2) is 36.4 Å². The molecule has 2 aromatic rings. The Labute approximate surface area is 183 Å². The third-order valence-corrected chi connectivity index (χ3v) is 6.30. The Bertz CT molecular complexity index is 851. The van der Waals surface area contributed by atoms with Gasteiger partial charge >= 0.3 is 0 Å². The minimum absolute atomic E-state index is 0.176. The van der Waals surface area contributed by atoms with Gasteiger partial charge in [0.15, 0.2) is 0 Å². The maximum atomic E-state index is 14.5. The Kier molecular flexibility index (Phi) is 8.73. The highest BCUT2D eigenvalue weighted by atomic mass is 35.5. The number of aryl methyl sites for hydroxylation is 1. The number of hydrogen-bond donors (Lipinski definition) is 0. The molecule has 4 heteroatoms. The van der Waals surface area contributed by atoms with Crippen molar-refractivity contribution >= 4 is 11.6 Å². The first-order valence-electron chi connectivity index (χ1n) is 10.8. The Morgan fingerprint density at radius 1 is 0.933 bits per heavy atom. The van der Waals surface area contributed by atoms with Gasteiger partial charge in [0.05, 0.1) is 5.56 Å². The first kappa shape index (κ1) is 22.8. The van der Waals surface area contributed by atoms with Crippen LogP contribution in [0.25, 0.3) is 0 Å². The van der Waals surface area contributed by atoms with E-state index in [1.54, 1.807) is 31.4 Å². The molecule has 0 heterocycles. The fourth-order valence-corrected chi connectivity index (χ4v) is 4.38. The van der Waals surface area contributed by atoms with Crippen molar-refractivity contribution in [1.82, 2.24) is 0 Å². The minimum Gasteiger partial charge on any atom is -0.385 e. The average molecular weight is 431 g/mol. The Morgan fingerprint density at radius 3 is 2.13 bits per heavy atom. The van der Waals surface area contributed by atoms with E-state index >= 15 is 0 Å². The molecule has 0 amide bonds. The van der Waals surface area contributed by atoms with Crippen molar-refractivity contribution in [2.75, 3.05) is 13.7 Å². The van der Waals surface area contributed by atoms with E-state index in [4.69, 9.17) is 16.3 Å². The molecule has 0 unspecified atom stereocenters. The number of benzene rings is 2. The summed E-state index contributed by atoms with van der Waals surface area (Å²) in [6, 6.07) is 9.73. The first-order valence-corrected chi connectivity index (χ1v) is 11.2. The SMILES string of the molecule is COCCCC1CCC(CCc2cc(F)c(C#Cc3ccc(Cl)cc3)c(F)c2)CC1. The molecule has 1 aliphatic rings. The van der Waals surface area contributed by atoms with Crippen molar-refractivity contribution in [2.45, 2.75) is 51.4 Å². The number of ether oxygens (including phenoxy) is 1. The molecule has 0 spiro atoms. The molecular weight excluding hydrogens is 402 g/mol. The zero-order valence-electron chi connectivity index (χ0n) is 17.5. The molecule has 160 valence electrons. The van der Waals surface area contributed by atoms with Crippen LogP contribution in [0.3, 0.4) is 0 Å². The first-order chi connectivity index (χ1) is 14.5. The lowest BCUT2D eigenvalue weighted by molar-refractivity contribution is 0.175. The van der Waals surface area contributed by atoms with Crippen LogP contribution in [0, 0.1) is 35.3 Å². The van der Waals surface area contributed by atoms with E-state index in [1.165, 1.54) is 44.2 Å². The van der Waals surface area contributed by atoms with Gasteiger partial charge in [-0.15, -0.1) is 0 Å². The Hall–Kier alpha value is -1.89. The monoisotopic (exact) mass is 430 g/mol. The lowest BCUT2D eigenvalue weighted by Crippen LogP contribution is -2.15. The van der Waals surface area contributed by atoms with Crippen molar-refractivity contribution in [3.8, 4) is 11.8 Å². The second kappa shape index (κ2) is 11.5. The largest absolute Gasteiger partial charge is 0.385 e. The Morgan fingerprint density at radius 2 is 1.53 bits per heavy atom. The summed E-state index contributed by atoms with van der Waals surface area (Å²) in [6.07, 6.45) is 9.03. The van der Waals surface area contributed by atoms with Crippen LogP contribution < -0.4 is 0 Å². The lowest BCUT2D eigenvalue weighted by atomic mass is 9.78. The molecule has 1 nitrogen and oxygen atoms in total. The van der Waals surface area contributed by atoms with Gasteiger partial charge in [0.25, 0.3) is 0 Å². The van der Waals surface area contributed by atoms with Crippen LogP contribution in [0.2, 0.25) is 5.02 Å². The van der Waals surface area contributed by atoms with E-state index in [9.17, 15) is 8.78 Å². The normalized spacial score (nSPS) is 18.7. The van der Waals surface area contributed by atoms with Crippen molar-refractivity contribution in [3.05, 3.63) is 69.7 Å². The van der Waals surface area contributed by atoms with Crippen molar-refractivity contribution < 1.29 is 13.5 Å². The fraction of sp³-hybridized carbons (Fsp3) is 0.462. The highest BCUT2D eigenvalue weighted by Gasteiger charge is 2.21. The number of methoxy groups -OCH3 is 1. The fourth-order valence-electron chi connectivity index (χ4n) is 4.25. The second-order valence-electron chi connectivity index (χ2n) is 8.25. The smallest absolute Gasteiger partial charge is 0.142 e. The van der Waals surface area contributed by atoms with Gasteiger partial charge in [0, 0.05) is 24.3 Å². The van der Waals surface area contributed by atoms with E-state index in [2.05, 4.69) is 11.8 Å². The van der Waals surface area contributed by atoms with Gasteiger partial charge < -0.3 is 4.74 Å². The zero-order valence-corrected chi connectivity index (χ0v) is 18.3. The molecular formula is C26H29ClF2O. The maximum absolute atomic E-state index is 14.5. The van der Waals surface area contributed by atoms with Crippen LogP contribution in [-0.2, 0) is 11.2 Å². The van der Waals surface area contributed by atoms with Crippen molar-refractivity contribution in [3.63, 3.8) is 0 Å². The summed E-state index contributed by atoms with van der Waals surface area (Å²) in [7, 11) is 1.75. The molecule has 0 bridgehead atoms. The van der Waals surface area contributed by atoms with Gasteiger partial charge in [-0.1, -0.05) is 49.1 Å². The molecule has 0 radical (unpaired) electrons. The maximum Gasteiger partial charge on any atom is 0.142 e. The third kappa shape index (κ3) is 6.83. The third-order valence-electron chi connectivity index (χ3n) is 6.05. The van der Waals surface area contributed by atoms with Crippen LogP contribution in [0.5, 0.6) is 0 Å². The number of halogens is 3. The van der Waals surface area contributed by atoms with Crippen LogP contribution in [0.1, 0.15) is 61.6 Å². The molecule has 0 atom stereocenters. The molecule has 0 N–H and O–H groups in total. The zero-order chi connectivity index (χ0) is 21.3. The van der Waals surface area contributed by atoms with Crippen LogP contribution in [-0.4, -0.2) is 13.7 Å². The van der Waals surface area contributed by atoms with E-state index in [0.717, 1.165) is 25.4 Å². The molecule has 30 heavy (non-hydrogen) atoms. The molecule has 1 saturated carbocycles. The standard InChI is InChI=1S/C26H29ClF2O/c1-30-16-2-3-19-4-6-20(7-5-19)8-9-22-17-25(28)24(26(29)18-22)15-12-21-10-13-23(27)14-11-21/h10-11,13-14,17-20H,2-9,16H2,1H3. The predicted molar refractivity (Wildman–Crippen MR) is 119 cm³/mol. The molecule has 0 aromatic heterocycles. The predicted octanol–water partition coefficient (Wildman–Crippen LogP) is 7.18. The van der Waals surface area contributed by atoms with Gasteiger partial charge in [0.1, 0.15) is 11.6 Å². The highest BCUT2D eigenvalue weighted by Crippen LogP contribution is 2.34. The summed E-state index contributed by atoms with van der Waals surface area (Å²) in [5.41, 5.74) is 1.20. The van der Waals surface area contributed by atoms with E-state index < -0.39 is 11.6 Å². The summed E-state index contributed by atoms with van der Waals surface area (Å²) >= 11 is 5.84.